The largest absolute Gasteiger partial charge is 0.390 e. The highest BCUT2D eigenvalue weighted by Gasteiger charge is 2.30. The predicted molar refractivity (Wildman–Crippen MR) is 113 cm³/mol. The van der Waals surface area contributed by atoms with Crippen LogP contribution in [-0.2, 0) is 16.6 Å². The molecule has 1 aromatic heterocycles. The number of piperidine rings is 1. The second kappa shape index (κ2) is 7.83. The van der Waals surface area contributed by atoms with Crippen molar-refractivity contribution in [3.05, 3.63) is 48.5 Å². The number of aromatic nitrogens is 1. The molecular formula is C21H27N3O3S. The number of hydrogen-bond acceptors (Lipinski definition) is 4. The van der Waals surface area contributed by atoms with Crippen molar-refractivity contribution in [2.24, 2.45) is 0 Å². The summed E-state index contributed by atoms with van der Waals surface area (Å²) in [5.41, 5.74) is 2.10. The zero-order valence-electron chi connectivity index (χ0n) is 16.1. The Hall–Kier alpha value is -1.93. The highest BCUT2D eigenvalue weighted by Crippen LogP contribution is 2.29. The van der Waals surface area contributed by atoms with E-state index in [0.29, 0.717) is 6.54 Å². The highest BCUT2D eigenvalue weighted by molar-refractivity contribution is 7.88. The van der Waals surface area contributed by atoms with Gasteiger partial charge in [0, 0.05) is 34.4 Å². The van der Waals surface area contributed by atoms with E-state index in [0.717, 1.165) is 47.7 Å². The van der Waals surface area contributed by atoms with E-state index in [1.54, 1.807) is 0 Å². The van der Waals surface area contributed by atoms with Crippen molar-refractivity contribution in [3.8, 4) is 0 Å². The minimum atomic E-state index is -3.39. The first-order valence-corrected chi connectivity index (χ1v) is 11.6. The van der Waals surface area contributed by atoms with Crippen LogP contribution in [0.3, 0.4) is 0 Å². The van der Waals surface area contributed by atoms with Gasteiger partial charge in [-0.1, -0.05) is 36.4 Å². The zero-order chi connectivity index (χ0) is 19.7. The molecule has 1 fully saturated rings. The number of benzene rings is 2. The average molecular weight is 402 g/mol. The average Bonchev–Trinajstić information content (AvgIpc) is 3.00. The van der Waals surface area contributed by atoms with E-state index in [-0.39, 0.29) is 12.6 Å². The smallest absolute Gasteiger partial charge is 0.211 e. The maximum absolute atomic E-state index is 12.4. The number of rotatable bonds is 6. The summed E-state index contributed by atoms with van der Waals surface area (Å²) in [5.74, 6) is 0. The summed E-state index contributed by atoms with van der Waals surface area (Å²) in [6.07, 6.45) is 2.00. The van der Waals surface area contributed by atoms with Gasteiger partial charge in [0.05, 0.1) is 18.9 Å². The lowest BCUT2D eigenvalue weighted by Gasteiger charge is -2.34. The fourth-order valence-corrected chi connectivity index (χ4v) is 5.52. The molecule has 6 nitrogen and oxygen atoms in total. The van der Waals surface area contributed by atoms with Crippen molar-refractivity contribution >= 4 is 31.8 Å². The van der Waals surface area contributed by atoms with E-state index < -0.39 is 16.1 Å². The summed E-state index contributed by atoms with van der Waals surface area (Å²) in [4.78, 5) is 0. The number of nitrogens with zero attached hydrogens (tertiary/aromatic N) is 2. The molecule has 4 rings (SSSR count). The Labute approximate surface area is 165 Å². The standard InChI is InChI=1S/C21H27N3O3S/c1-28(26,27)24(16-10-12-22-13-11-16)15-17(25)14-23-20-8-4-2-6-18(20)19-7-3-5-9-21(19)23/h2-9,16-17,22,25H,10-15H2,1H3. The van der Waals surface area contributed by atoms with Gasteiger partial charge in [0.2, 0.25) is 10.0 Å². The third kappa shape index (κ3) is 3.80. The Morgan fingerprint density at radius 3 is 2.14 bits per heavy atom. The van der Waals surface area contributed by atoms with Crippen molar-refractivity contribution in [2.75, 3.05) is 25.9 Å². The first-order valence-electron chi connectivity index (χ1n) is 9.77. The van der Waals surface area contributed by atoms with Gasteiger partial charge in [0.15, 0.2) is 0 Å². The monoisotopic (exact) mass is 401 g/mol. The number of hydrogen-bond donors (Lipinski definition) is 2. The number of aliphatic hydroxyl groups is 1. The zero-order valence-corrected chi connectivity index (χ0v) is 16.9. The van der Waals surface area contributed by atoms with Crippen LogP contribution in [0.2, 0.25) is 0 Å². The summed E-state index contributed by atoms with van der Waals surface area (Å²) >= 11 is 0. The van der Waals surface area contributed by atoms with E-state index in [2.05, 4.69) is 22.0 Å². The van der Waals surface area contributed by atoms with Crippen LogP contribution >= 0.6 is 0 Å². The van der Waals surface area contributed by atoms with Gasteiger partial charge in [-0.2, -0.15) is 4.31 Å². The molecule has 0 radical (unpaired) electrons. The van der Waals surface area contributed by atoms with E-state index in [1.165, 1.54) is 10.6 Å². The number of nitrogens with one attached hydrogen (secondary N) is 1. The molecule has 1 aliphatic heterocycles. The summed E-state index contributed by atoms with van der Waals surface area (Å²) in [5, 5.41) is 16.4. The molecule has 1 atom stereocenters. The number of aliphatic hydroxyl groups excluding tert-OH is 1. The van der Waals surface area contributed by atoms with Crippen LogP contribution in [0.25, 0.3) is 21.8 Å². The van der Waals surface area contributed by atoms with Crippen molar-refractivity contribution < 1.29 is 13.5 Å². The number of fused-ring (bicyclic) bond motifs is 3. The lowest BCUT2D eigenvalue weighted by Crippen LogP contribution is -2.49. The molecule has 1 aliphatic rings. The fourth-order valence-electron chi connectivity index (χ4n) is 4.33. The lowest BCUT2D eigenvalue weighted by atomic mass is 10.1. The summed E-state index contributed by atoms with van der Waals surface area (Å²) < 4.78 is 28.3. The molecule has 0 saturated carbocycles. The van der Waals surface area contributed by atoms with Gasteiger partial charge < -0.3 is 15.0 Å². The van der Waals surface area contributed by atoms with E-state index in [4.69, 9.17) is 0 Å². The second-order valence-electron chi connectivity index (χ2n) is 7.61. The summed E-state index contributed by atoms with van der Waals surface area (Å²) in [7, 11) is -3.39. The quantitative estimate of drug-likeness (QED) is 0.664. The number of para-hydroxylation sites is 2. The second-order valence-corrected chi connectivity index (χ2v) is 9.55. The van der Waals surface area contributed by atoms with Crippen molar-refractivity contribution in [3.63, 3.8) is 0 Å². The maximum Gasteiger partial charge on any atom is 0.211 e. The molecule has 1 unspecified atom stereocenters. The van der Waals surface area contributed by atoms with Gasteiger partial charge in [0.1, 0.15) is 0 Å². The summed E-state index contributed by atoms with van der Waals surface area (Å²) in [6, 6.07) is 16.2. The van der Waals surface area contributed by atoms with E-state index >= 15 is 0 Å². The fraction of sp³-hybridized carbons (Fsp3) is 0.429. The first-order chi connectivity index (χ1) is 13.4. The number of sulfonamides is 1. The van der Waals surface area contributed by atoms with Gasteiger partial charge >= 0.3 is 0 Å². The Morgan fingerprint density at radius 1 is 1.07 bits per heavy atom. The minimum absolute atomic E-state index is 0.0518. The van der Waals surface area contributed by atoms with E-state index in [1.807, 2.05) is 36.4 Å². The molecule has 1 saturated heterocycles. The Balaban J connectivity index is 1.63. The molecule has 0 bridgehead atoms. The van der Waals surface area contributed by atoms with Crippen LogP contribution in [0, 0.1) is 0 Å². The molecule has 3 aromatic rings. The molecule has 7 heteroatoms. The van der Waals surface area contributed by atoms with Crippen LogP contribution in [0.5, 0.6) is 0 Å². The Kier molecular flexibility index (Phi) is 5.42. The molecule has 150 valence electrons. The first kappa shape index (κ1) is 19.4. The van der Waals surface area contributed by atoms with Gasteiger partial charge in [-0.25, -0.2) is 8.42 Å². The summed E-state index contributed by atoms with van der Waals surface area (Å²) in [6.45, 7) is 2.08. The molecule has 2 aromatic carbocycles. The molecule has 0 amide bonds. The van der Waals surface area contributed by atoms with Gasteiger partial charge in [-0.3, -0.25) is 0 Å². The predicted octanol–water partition coefficient (Wildman–Crippen LogP) is 2.17. The van der Waals surface area contributed by atoms with Gasteiger partial charge in [-0.15, -0.1) is 0 Å². The van der Waals surface area contributed by atoms with Crippen LogP contribution in [0.15, 0.2) is 48.5 Å². The van der Waals surface area contributed by atoms with Gasteiger partial charge in [0.25, 0.3) is 0 Å². The van der Waals surface area contributed by atoms with Crippen molar-refractivity contribution in [1.29, 1.82) is 0 Å². The molecule has 28 heavy (non-hydrogen) atoms. The third-order valence-corrected chi connectivity index (χ3v) is 6.90. The molecular weight excluding hydrogens is 374 g/mol. The Morgan fingerprint density at radius 2 is 1.61 bits per heavy atom. The topological polar surface area (TPSA) is 74.6 Å². The molecule has 2 heterocycles. The van der Waals surface area contributed by atoms with Crippen molar-refractivity contribution in [2.45, 2.75) is 31.5 Å². The van der Waals surface area contributed by atoms with Crippen LogP contribution in [-0.4, -0.2) is 60.4 Å². The minimum Gasteiger partial charge on any atom is -0.390 e. The van der Waals surface area contributed by atoms with Crippen LogP contribution < -0.4 is 5.32 Å². The molecule has 0 aliphatic carbocycles. The van der Waals surface area contributed by atoms with Gasteiger partial charge in [-0.05, 0) is 38.1 Å². The SMILES string of the molecule is CS(=O)(=O)N(CC(O)Cn1c2ccccc2c2ccccc21)C1CCNCC1. The van der Waals surface area contributed by atoms with Crippen LogP contribution in [0.1, 0.15) is 12.8 Å². The van der Waals surface area contributed by atoms with Crippen LogP contribution in [0.4, 0.5) is 0 Å². The highest BCUT2D eigenvalue weighted by atomic mass is 32.2. The molecule has 0 spiro atoms. The maximum atomic E-state index is 12.4. The van der Waals surface area contributed by atoms with Crippen molar-refractivity contribution in [1.82, 2.24) is 14.2 Å². The molecule has 2 N–H and O–H groups in total. The van der Waals surface area contributed by atoms with E-state index in [9.17, 15) is 13.5 Å². The Bertz CT molecular complexity index is 1020. The normalized spacial score (nSPS) is 17.5. The lowest BCUT2D eigenvalue weighted by molar-refractivity contribution is 0.111. The third-order valence-electron chi connectivity index (χ3n) is 5.61.